The molecule has 15 heteroatoms. The number of nitrogens with zero attached hydrogens (tertiary/aromatic N) is 6. The van der Waals surface area contributed by atoms with E-state index in [1.807, 2.05) is 11.8 Å². The van der Waals surface area contributed by atoms with Gasteiger partial charge >= 0.3 is 0 Å². The molecule has 4 aromatic rings. The quantitative estimate of drug-likeness (QED) is 0.386. The number of alkyl halides is 3. The summed E-state index contributed by atoms with van der Waals surface area (Å²) in [6.07, 6.45) is 0.921. The first kappa shape index (κ1) is 23.6. The fourth-order valence-electron chi connectivity index (χ4n) is 4.57. The molecule has 2 aliphatic rings. The van der Waals surface area contributed by atoms with E-state index < -0.39 is 39.2 Å². The van der Waals surface area contributed by atoms with E-state index >= 15 is 0 Å². The summed E-state index contributed by atoms with van der Waals surface area (Å²) in [6.45, 7) is 2.34. The molecule has 3 N–H and O–H groups in total. The zero-order valence-corrected chi connectivity index (χ0v) is 20.7. The Hall–Kier alpha value is -2.75. The first-order valence-corrected chi connectivity index (χ1v) is 13.7. The first-order chi connectivity index (χ1) is 17.1. The summed E-state index contributed by atoms with van der Waals surface area (Å²) in [5.74, 6) is 0.351. The number of anilines is 1. The summed E-state index contributed by atoms with van der Waals surface area (Å²) in [6, 6.07) is 2.29. The Bertz CT molecular complexity index is 1580. The number of sulfonamides is 1. The van der Waals surface area contributed by atoms with Crippen LogP contribution in [0.2, 0.25) is 0 Å². The van der Waals surface area contributed by atoms with Gasteiger partial charge in [-0.25, -0.2) is 31.3 Å². The number of piperidine rings is 1. The number of fused-ring (bicyclic) bond motifs is 3. The van der Waals surface area contributed by atoms with Crippen molar-refractivity contribution >= 4 is 43.9 Å². The summed E-state index contributed by atoms with van der Waals surface area (Å²) in [5, 5.41) is 7.19. The van der Waals surface area contributed by atoms with Crippen LogP contribution in [0.25, 0.3) is 21.9 Å². The smallest absolute Gasteiger partial charge is 0.291 e. The Morgan fingerprint density at radius 3 is 2.72 bits per heavy atom. The van der Waals surface area contributed by atoms with Gasteiger partial charge in [0.2, 0.25) is 20.9 Å². The Morgan fingerprint density at radius 2 is 2.06 bits per heavy atom. The zero-order valence-electron chi connectivity index (χ0n) is 19.1. The van der Waals surface area contributed by atoms with E-state index in [2.05, 4.69) is 19.9 Å². The van der Waals surface area contributed by atoms with Crippen molar-refractivity contribution in [2.75, 3.05) is 18.0 Å². The van der Waals surface area contributed by atoms with E-state index in [0.29, 0.717) is 40.4 Å². The SMILES string of the molecule is CC1(NS(=O)(=O)c2cc(N3CC[C@H](F)[C@H](N)C3)c3c(c2)n(-c2nnc(C(F)F)s2)c2nccn32)CC1. The van der Waals surface area contributed by atoms with E-state index in [1.54, 1.807) is 22.9 Å². The minimum absolute atomic E-state index is 0.00494. The Kier molecular flexibility index (Phi) is 5.34. The van der Waals surface area contributed by atoms with Gasteiger partial charge in [0.25, 0.3) is 6.43 Å². The van der Waals surface area contributed by atoms with Gasteiger partial charge in [-0.05, 0) is 38.3 Å². The Labute approximate surface area is 208 Å². The largest absolute Gasteiger partial charge is 0.368 e. The molecule has 2 fully saturated rings. The number of hydrogen-bond acceptors (Lipinski definition) is 8. The molecule has 1 aromatic carbocycles. The van der Waals surface area contributed by atoms with Gasteiger partial charge in [0, 0.05) is 31.0 Å². The van der Waals surface area contributed by atoms with Crippen LogP contribution in [0.1, 0.15) is 37.6 Å². The normalized spacial score (nSPS) is 22.2. The van der Waals surface area contributed by atoms with Crippen molar-refractivity contribution in [3.63, 3.8) is 0 Å². The molecule has 0 bridgehead atoms. The number of aromatic nitrogens is 5. The standard InChI is InChI=1S/C21H23F3N8O2S2/c1-21(3-4-21)29-36(33,34)11-8-14(30-6-2-12(22)13(25)10-30)16-15(9-11)32(19-26-5-7-31(16)19)20-28-27-18(35-20)17(23)24/h5,7-9,12-13,17,29H,2-4,6,10,25H2,1H3/t12-,13+/m0/s1. The van der Waals surface area contributed by atoms with Gasteiger partial charge in [-0.1, -0.05) is 11.3 Å². The molecule has 2 atom stereocenters. The summed E-state index contributed by atoms with van der Waals surface area (Å²) in [7, 11) is -3.94. The van der Waals surface area contributed by atoms with Crippen molar-refractivity contribution in [1.82, 2.24) is 28.9 Å². The monoisotopic (exact) mass is 540 g/mol. The lowest BCUT2D eigenvalue weighted by molar-refractivity contribution is 0.150. The number of benzene rings is 1. The second-order valence-electron chi connectivity index (χ2n) is 9.55. The number of halogens is 3. The highest BCUT2D eigenvalue weighted by molar-refractivity contribution is 7.89. The minimum Gasteiger partial charge on any atom is -0.368 e. The zero-order chi connectivity index (χ0) is 25.4. The summed E-state index contributed by atoms with van der Waals surface area (Å²) < 4.78 is 73.6. The maximum atomic E-state index is 14.2. The van der Waals surface area contributed by atoms with Crippen LogP contribution < -0.4 is 15.4 Å². The molecule has 1 saturated heterocycles. The van der Waals surface area contributed by atoms with Crippen molar-refractivity contribution in [2.24, 2.45) is 5.73 Å². The predicted molar refractivity (Wildman–Crippen MR) is 128 cm³/mol. The van der Waals surface area contributed by atoms with Gasteiger partial charge in [0.05, 0.1) is 27.7 Å². The summed E-state index contributed by atoms with van der Waals surface area (Å²) >= 11 is 0.696. The average molecular weight is 541 g/mol. The maximum Gasteiger partial charge on any atom is 0.291 e. The Balaban J connectivity index is 1.61. The van der Waals surface area contributed by atoms with Crippen LogP contribution in [-0.4, -0.2) is 63.4 Å². The average Bonchev–Trinajstić information content (AvgIpc) is 3.21. The van der Waals surface area contributed by atoms with Crippen molar-refractivity contribution in [3.05, 3.63) is 29.5 Å². The molecular formula is C21H23F3N8O2S2. The van der Waals surface area contributed by atoms with Crippen LogP contribution in [0.3, 0.4) is 0 Å². The van der Waals surface area contributed by atoms with Crippen molar-refractivity contribution in [2.45, 2.75) is 55.3 Å². The fraction of sp³-hybridized carbons (Fsp3) is 0.476. The highest BCUT2D eigenvalue weighted by Gasteiger charge is 2.42. The van der Waals surface area contributed by atoms with Crippen LogP contribution in [0.4, 0.5) is 18.9 Å². The number of hydrogen-bond donors (Lipinski definition) is 2. The molecule has 3 aromatic heterocycles. The van der Waals surface area contributed by atoms with Crippen molar-refractivity contribution < 1.29 is 21.6 Å². The van der Waals surface area contributed by atoms with Crippen LogP contribution in [0, 0.1) is 0 Å². The van der Waals surface area contributed by atoms with Crippen LogP contribution in [0.15, 0.2) is 29.4 Å². The van der Waals surface area contributed by atoms with Gasteiger partial charge in [-0.2, -0.15) is 0 Å². The molecule has 0 unspecified atom stereocenters. The molecule has 192 valence electrons. The summed E-state index contributed by atoms with van der Waals surface area (Å²) in [5.41, 5.74) is 7.02. The summed E-state index contributed by atoms with van der Waals surface area (Å²) in [4.78, 5) is 6.22. The van der Waals surface area contributed by atoms with E-state index in [4.69, 9.17) is 5.73 Å². The number of nitrogens with one attached hydrogen (secondary N) is 1. The van der Waals surface area contributed by atoms with Gasteiger partial charge < -0.3 is 10.6 Å². The highest BCUT2D eigenvalue weighted by atomic mass is 32.2. The van der Waals surface area contributed by atoms with E-state index in [0.717, 1.165) is 12.8 Å². The second-order valence-corrected chi connectivity index (χ2v) is 12.2. The van der Waals surface area contributed by atoms with Crippen LogP contribution in [0.5, 0.6) is 0 Å². The second kappa shape index (κ2) is 8.13. The number of rotatable bonds is 6. The van der Waals surface area contributed by atoms with Crippen LogP contribution in [-0.2, 0) is 10.0 Å². The van der Waals surface area contributed by atoms with Crippen molar-refractivity contribution in [3.8, 4) is 5.13 Å². The molecule has 0 spiro atoms. The molecule has 0 amide bonds. The highest BCUT2D eigenvalue weighted by Crippen LogP contribution is 2.39. The van der Waals surface area contributed by atoms with Gasteiger partial charge in [0.15, 0.2) is 5.01 Å². The lowest BCUT2D eigenvalue weighted by Crippen LogP contribution is -2.49. The van der Waals surface area contributed by atoms with Gasteiger partial charge in [-0.3, -0.25) is 8.97 Å². The third-order valence-corrected chi connectivity index (χ3v) is 9.29. The molecule has 6 rings (SSSR count). The lowest BCUT2D eigenvalue weighted by Gasteiger charge is -2.35. The van der Waals surface area contributed by atoms with E-state index in [-0.39, 0.29) is 23.0 Å². The molecule has 1 saturated carbocycles. The van der Waals surface area contributed by atoms with Gasteiger partial charge in [0.1, 0.15) is 6.17 Å². The van der Waals surface area contributed by atoms with E-state index in [9.17, 15) is 21.6 Å². The topological polar surface area (TPSA) is 123 Å². The molecule has 1 aliphatic heterocycles. The molecule has 36 heavy (non-hydrogen) atoms. The minimum atomic E-state index is -3.94. The maximum absolute atomic E-state index is 14.2. The first-order valence-electron chi connectivity index (χ1n) is 11.4. The van der Waals surface area contributed by atoms with Crippen molar-refractivity contribution in [1.29, 1.82) is 0 Å². The van der Waals surface area contributed by atoms with Gasteiger partial charge in [-0.15, -0.1) is 10.2 Å². The molecule has 0 radical (unpaired) electrons. The third kappa shape index (κ3) is 3.84. The molecular weight excluding hydrogens is 517 g/mol. The third-order valence-electron chi connectivity index (χ3n) is 6.76. The van der Waals surface area contributed by atoms with E-state index in [1.165, 1.54) is 10.6 Å². The number of imidazole rings is 2. The lowest BCUT2D eigenvalue weighted by atomic mass is 10.0. The predicted octanol–water partition coefficient (Wildman–Crippen LogP) is 2.77. The molecule has 1 aliphatic carbocycles. The fourth-order valence-corrected chi connectivity index (χ4v) is 6.79. The number of nitrogens with two attached hydrogens (primary N) is 1. The van der Waals surface area contributed by atoms with Crippen LogP contribution >= 0.6 is 11.3 Å². The Morgan fingerprint density at radius 1 is 1.28 bits per heavy atom. The molecule has 10 nitrogen and oxygen atoms in total. The molecule has 4 heterocycles.